The molecule has 0 radical (unpaired) electrons. The quantitative estimate of drug-likeness (QED) is 0.617. The van der Waals surface area contributed by atoms with E-state index in [0.29, 0.717) is 5.58 Å². The smallest absolute Gasteiger partial charge is 0.336 e. The van der Waals surface area contributed by atoms with Crippen LogP contribution in [0.4, 0.5) is 0 Å². The number of hydrogen-bond donors (Lipinski definition) is 0. The molecule has 0 amide bonds. The first-order valence-electron chi connectivity index (χ1n) is 6.49. The zero-order valence-electron chi connectivity index (χ0n) is 11.6. The molecular weight excluding hydrogens is 240 g/mol. The average Bonchev–Trinajstić information content (AvgIpc) is 2.69. The molecule has 2 heterocycles. The van der Waals surface area contributed by atoms with Crippen molar-refractivity contribution in [2.75, 3.05) is 0 Å². The highest BCUT2D eigenvalue weighted by molar-refractivity contribution is 5.99. The number of benzene rings is 1. The van der Waals surface area contributed by atoms with Gasteiger partial charge in [-0.15, -0.1) is 0 Å². The molecule has 0 N–H and O–H groups in total. The molecule has 98 valence electrons. The van der Waals surface area contributed by atoms with Gasteiger partial charge in [-0.3, -0.25) is 0 Å². The Hall–Kier alpha value is -2.03. The summed E-state index contributed by atoms with van der Waals surface area (Å²) in [5.74, 6) is 0.994. The van der Waals surface area contributed by atoms with Crippen LogP contribution in [0.3, 0.4) is 0 Å². The zero-order valence-corrected chi connectivity index (χ0v) is 11.6. The fourth-order valence-electron chi connectivity index (χ4n) is 2.69. The fraction of sp³-hybridized carbons (Fsp3) is 0.312. The third kappa shape index (κ3) is 1.61. The Bertz CT molecular complexity index is 850. The van der Waals surface area contributed by atoms with E-state index < -0.39 is 0 Å². The molecule has 2 aromatic heterocycles. The van der Waals surface area contributed by atoms with E-state index in [1.54, 1.807) is 0 Å². The van der Waals surface area contributed by atoms with E-state index in [4.69, 9.17) is 8.83 Å². The molecule has 0 unspecified atom stereocenters. The third-order valence-corrected chi connectivity index (χ3v) is 3.79. The largest absolute Gasteiger partial charge is 0.460 e. The maximum atomic E-state index is 11.5. The topological polar surface area (TPSA) is 43.4 Å². The molecule has 0 fully saturated rings. The lowest BCUT2D eigenvalue weighted by molar-refractivity contribution is 0.542. The van der Waals surface area contributed by atoms with Gasteiger partial charge in [0.15, 0.2) is 0 Å². The molecule has 19 heavy (non-hydrogen) atoms. The minimum atomic E-state index is -0.313. The van der Waals surface area contributed by atoms with Crippen LogP contribution in [0, 0.1) is 20.8 Å². The molecule has 1 aromatic carbocycles. The highest BCUT2D eigenvalue weighted by atomic mass is 16.4. The first-order chi connectivity index (χ1) is 9.02. The number of hydrogen-bond acceptors (Lipinski definition) is 3. The Morgan fingerprint density at radius 3 is 2.32 bits per heavy atom. The summed E-state index contributed by atoms with van der Waals surface area (Å²) in [7, 11) is 0. The summed E-state index contributed by atoms with van der Waals surface area (Å²) < 4.78 is 11.3. The zero-order chi connectivity index (χ0) is 13.7. The van der Waals surface area contributed by atoms with Gasteiger partial charge in [-0.1, -0.05) is 6.92 Å². The first-order valence-corrected chi connectivity index (χ1v) is 6.49. The predicted octanol–water partition coefficient (Wildman–Crippen LogP) is 4.03. The predicted molar refractivity (Wildman–Crippen MR) is 75.8 cm³/mol. The van der Waals surface area contributed by atoms with Crippen molar-refractivity contribution >= 4 is 21.9 Å². The summed E-state index contributed by atoms with van der Waals surface area (Å²) in [4.78, 5) is 11.5. The fourth-order valence-corrected chi connectivity index (χ4v) is 2.69. The van der Waals surface area contributed by atoms with Crippen molar-refractivity contribution in [3.05, 3.63) is 45.0 Å². The van der Waals surface area contributed by atoms with E-state index >= 15 is 0 Å². The summed E-state index contributed by atoms with van der Waals surface area (Å²) in [6, 6.07) is 3.59. The summed E-state index contributed by atoms with van der Waals surface area (Å²) >= 11 is 0. The van der Waals surface area contributed by atoms with E-state index in [1.165, 1.54) is 11.6 Å². The molecule has 0 aliphatic rings. The van der Waals surface area contributed by atoms with Crippen molar-refractivity contribution in [2.24, 2.45) is 0 Å². The lowest BCUT2D eigenvalue weighted by atomic mass is 10.0. The van der Waals surface area contributed by atoms with Crippen molar-refractivity contribution in [2.45, 2.75) is 34.1 Å². The van der Waals surface area contributed by atoms with Crippen LogP contribution in [0.5, 0.6) is 0 Å². The molecule has 3 aromatic rings. The van der Waals surface area contributed by atoms with Crippen LogP contribution in [-0.4, -0.2) is 0 Å². The van der Waals surface area contributed by atoms with Gasteiger partial charge in [0.25, 0.3) is 0 Å². The van der Waals surface area contributed by atoms with Gasteiger partial charge in [0.2, 0.25) is 0 Å². The molecule has 0 aliphatic carbocycles. The second kappa shape index (κ2) is 3.98. The Kier molecular flexibility index (Phi) is 2.52. The van der Waals surface area contributed by atoms with Gasteiger partial charge in [0.1, 0.15) is 16.9 Å². The van der Waals surface area contributed by atoms with E-state index in [2.05, 4.69) is 19.9 Å². The summed E-state index contributed by atoms with van der Waals surface area (Å²) in [5, 5.41) is 2.09. The molecule has 0 saturated heterocycles. The van der Waals surface area contributed by atoms with Crippen LogP contribution in [0.1, 0.15) is 29.4 Å². The van der Waals surface area contributed by atoms with E-state index in [9.17, 15) is 4.79 Å². The van der Waals surface area contributed by atoms with E-state index in [-0.39, 0.29) is 5.63 Å². The van der Waals surface area contributed by atoms with Gasteiger partial charge in [0.05, 0.1) is 0 Å². The molecule has 0 aliphatic heterocycles. The lowest BCUT2D eigenvalue weighted by Crippen LogP contribution is -1.99. The highest BCUT2D eigenvalue weighted by Crippen LogP contribution is 2.34. The maximum absolute atomic E-state index is 11.5. The Balaban J connectivity index is 2.58. The summed E-state index contributed by atoms with van der Waals surface area (Å²) in [6.45, 7) is 8.02. The molecule has 3 rings (SSSR count). The van der Waals surface area contributed by atoms with E-state index in [1.807, 2.05) is 13.8 Å². The minimum Gasteiger partial charge on any atom is -0.460 e. The van der Waals surface area contributed by atoms with Crippen LogP contribution in [-0.2, 0) is 6.42 Å². The van der Waals surface area contributed by atoms with Gasteiger partial charge < -0.3 is 8.83 Å². The molecule has 0 bridgehead atoms. The van der Waals surface area contributed by atoms with Crippen LogP contribution in [0.25, 0.3) is 21.9 Å². The minimum absolute atomic E-state index is 0.313. The van der Waals surface area contributed by atoms with Crippen molar-refractivity contribution in [1.29, 1.82) is 0 Å². The van der Waals surface area contributed by atoms with Crippen LogP contribution in [0.15, 0.2) is 25.8 Å². The second-order valence-electron chi connectivity index (χ2n) is 5.01. The molecule has 3 heteroatoms. The molecular formula is C16H16O3. The Morgan fingerprint density at radius 2 is 1.63 bits per heavy atom. The maximum Gasteiger partial charge on any atom is 0.336 e. The van der Waals surface area contributed by atoms with Gasteiger partial charge >= 0.3 is 5.63 Å². The number of fused-ring (bicyclic) bond motifs is 2. The van der Waals surface area contributed by atoms with Gasteiger partial charge in [-0.2, -0.15) is 0 Å². The summed E-state index contributed by atoms with van der Waals surface area (Å²) in [5.41, 5.74) is 4.16. The van der Waals surface area contributed by atoms with Crippen molar-refractivity contribution < 1.29 is 8.83 Å². The molecule has 3 nitrogen and oxygen atoms in total. The SMILES string of the molecule is CCc1oc2c(C)c3oc(=O)cc(C)c3cc2c1C. The Morgan fingerprint density at radius 1 is 0.947 bits per heavy atom. The standard InChI is InChI=1S/C16H16O3/c1-5-13-9(3)12-7-11-8(2)6-14(17)19-15(11)10(4)16(12)18-13/h6-7H,5H2,1-4H3. The van der Waals surface area contributed by atoms with Crippen molar-refractivity contribution in [3.8, 4) is 0 Å². The second-order valence-corrected chi connectivity index (χ2v) is 5.01. The normalized spacial score (nSPS) is 11.6. The Labute approximate surface area is 110 Å². The van der Waals surface area contributed by atoms with Gasteiger partial charge in [0, 0.05) is 28.8 Å². The third-order valence-electron chi connectivity index (χ3n) is 3.79. The van der Waals surface area contributed by atoms with Gasteiger partial charge in [-0.05, 0) is 38.0 Å². The highest BCUT2D eigenvalue weighted by Gasteiger charge is 2.16. The van der Waals surface area contributed by atoms with Crippen molar-refractivity contribution in [3.63, 3.8) is 0 Å². The van der Waals surface area contributed by atoms with Crippen molar-refractivity contribution in [1.82, 2.24) is 0 Å². The molecule has 0 spiro atoms. The summed E-state index contributed by atoms with van der Waals surface area (Å²) in [6.07, 6.45) is 0.860. The average molecular weight is 256 g/mol. The van der Waals surface area contributed by atoms with Crippen LogP contribution >= 0.6 is 0 Å². The van der Waals surface area contributed by atoms with Crippen LogP contribution < -0.4 is 5.63 Å². The van der Waals surface area contributed by atoms with E-state index in [0.717, 1.165) is 39.7 Å². The van der Waals surface area contributed by atoms with Gasteiger partial charge in [-0.25, -0.2) is 4.79 Å². The molecule has 0 atom stereocenters. The lowest BCUT2D eigenvalue weighted by Gasteiger charge is -2.04. The monoisotopic (exact) mass is 256 g/mol. The number of aryl methyl sites for hydroxylation is 4. The van der Waals surface area contributed by atoms with Crippen LogP contribution in [0.2, 0.25) is 0 Å². The first kappa shape index (κ1) is 12.0. The number of furan rings is 1. The number of rotatable bonds is 1. The molecule has 0 saturated carbocycles.